The molecule has 17 heavy (non-hydrogen) atoms. The third-order valence-corrected chi connectivity index (χ3v) is 3.90. The summed E-state index contributed by atoms with van der Waals surface area (Å²) in [6, 6.07) is 0.471. The van der Waals surface area contributed by atoms with Gasteiger partial charge in [0.2, 0.25) is 0 Å². The van der Waals surface area contributed by atoms with E-state index < -0.39 is 5.54 Å². The largest absolute Gasteiger partial charge is 0.468 e. The highest BCUT2D eigenvalue weighted by Crippen LogP contribution is 2.27. The first-order valence-corrected chi connectivity index (χ1v) is 6.39. The number of hydrogen-bond acceptors (Lipinski definition) is 4. The van der Waals surface area contributed by atoms with E-state index in [4.69, 9.17) is 10.5 Å². The number of likely N-dealkylation sites (tertiary alicyclic amines) is 1. The van der Waals surface area contributed by atoms with Crippen molar-refractivity contribution >= 4 is 5.97 Å². The topological polar surface area (TPSA) is 55.6 Å². The maximum Gasteiger partial charge on any atom is 0.326 e. The van der Waals surface area contributed by atoms with E-state index in [0.29, 0.717) is 24.4 Å². The lowest BCUT2D eigenvalue weighted by Crippen LogP contribution is -2.58. The summed E-state index contributed by atoms with van der Waals surface area (Å²) < 4.78 is 4.75. The van der Waals surface area contributed by atoms with Crippen molar-refractivity contribution < 1.29 is 9.53 Å². The van der Waals surface area contributed by atoms with E-state index in [-0.39, 0.29) is 5.97 Å². The van der Waals surface area contributed by atoms with Gasteiger partial charge in [0.1, 0.15) is 5.54 Å². The lowest BCUT2D eigenvalue weighted by Gasteiger charge is -2.43. The monoisotopic (exact) mass is 242 g/mol. The van der Waals surface area contributed by atoms with Gasteiger partial charge in [0.15, 0.2) is 0 Å². The predicted octanol–water partition coefficient (Wildman–Crippen LogP) is 1.24. The van der Waals surface area contributed by atoms with Crippen LogP contribution in [-0.4, -0.2) is 42.6 Å². The molecule has 4 heteroatoms. The molecule has 2 N–H and O–H groups in total. The van der Waals surface area contributed by atoms with Gasteiger partial charge >= 0.3 is 5.97 Å². The summed E-state index contributed by atoms with van der Waals surface area (Å²) >= 11 is 0. The van der Waals surface area contributed by atoms with Gasteiger partial charge in [0.05, 0.1) is 7.11 Å². The Balaban J connectivity index is 2.69. The van der Waals surface area contributed by atoms with Crippen LogP contribution in [0.4, 0.5) is 0 Å². The van der Waals surface area contributed by atoms with E-state index in [1.807, 2.05) is 0 Å². The summed E-state index contributed by atoms with van der Waals surface area (Å²) in [5, 5.41) is 0. The summed E-state index contributed by atoms with van der Waals surface area (Å²) in [5.74, 6) is 0.970. The van der Waals surface area contributed by atoms with E-state index in [0.717, 1.165) is 6.54 Å². The Kier molecular flexibility index (Phi) is 4.55. The van der Waals surface area contributed by atoms with Crippen LogP contribution in [0, 0.1) is 11.8 Å². The van der Waals surface area contributed by atoms with E-state index in [2.05, 4.69) is 25.7 Å². The number of hydrogen-bond donors (Lipinski definition) is 1. The molecule has 0 bridgehead atoms. The second kappa shape index (κ2) is 5.36. The lowest BCUT2D eigenvalue weighted by molar-refractivity contribution is -0.147. The molecule has 4 nitrogen and oxygen atoms in total. The molecule has 0 radical (unpaired) electrons. The summed E-state index contributed by atoms with van der Waals surface area (Å²) in [6.45, 7) is 10.0. The first-order valence-electron chi connectivity index (χ1n) is 6.39. The van der Waals surface area contributed by atoms with Crippen LogP contribution in [0.15, 0.2) is 0 Å². The summed E-state index contributed by atoms with van der Waals surface area (Å²) in [5.41, 5.74) is 5.12. The summed E-state index contributed by atoms with van der Waals surface area (Å²) in [6.07, 6.45) is 1.25. The van der Waals surface area contributed by atoms with Crippen LogP contribution in [0.2, 0.25) is 0 Å². The van der Waals surface area contributed by atoms with Gasteiger partial charge in [-0.25, -0.2) is 0 Å². The minimum Gasteiger partial charge on any atom is -0.468 e. The van der Waals surface area contributed by atoms with Crippen molar-refractivity contribution in [3.8, 4) is 0 Å². The van der Waals surface area contributed by atoms with Crippen LogP contribution in [0.1, 0.15) is 34.1 Å². The predicted molar refractivity (Wildman–Crippen MR) is 68.6 cm³/mol. The van der Waals surface area contributed by atoms with Crippen molar-refractivity contribution in [2.45, 2.75) is 45.7 Å². The Labute approximate surface area is 104 Å². The molecule has 4 unspecified atom stereocenters. The fourth-order valence-corrected chi connectivity index (χ4v) is 2.76. The van der Waals surface area contributed by atoms with Gasteiger partial charge in [-0.3, -0.25) is 9.69 Å². The fraction of sp³-hybridized carbons (Fsp3) is 0.923. The van der Waals surface area contributed by atoms with Crippen molar-refractivity contribution in [2.75, 3.05) is 20.2 Å². The second-order valence-electron chi connectivity index (χ2n) is 5.90. The molecule has 0 spiro atoms. The van der Waals surface area contributed by atoms with Crippen molar-refractivity contribution in [1.82, 2.24) is 4.90 Å². The molecule has 0 amide bonds. The molecule has 1 aliphatic heterocycles. The summed E-state index contributed by atoms with van der Waals surface area (Å²) in [4.78, 5) is 13.9. The van der Waals surface area contributed by atoms with Crippen LogP contribution in [-0.2, 0) is 9.53 Å². The van der Waals surface area contributed by atoms with Crippen LogP contribution in [0.3, 0.4) is 0 Å². The maximum absolute atomic E-state index is 11.6. The Morgan fingerprint density at radius 2 is 2.06 bits per heavy atom. The van der Waals surface area contributed by atoms with Crippen LogP contribution < -0.4 is 5.73 Å². The van der Waals surface area contributed by atoms with Gasteiger partial charge in [-0.1, -0.05) is 13.8 Å². The molecule has 4 atom stereocenters. The van der Waals surface area contributed by atoms with E-state index >= 15 is 0 Å². The minimum atomic E-state index is -0.917. The zero-order valence-electron chi connectivity index (χ0n) is 11.7. The van der Waals surface area contributed by atoms with Crippen molar-refractivity contribution in [1.29, 1.82) is 0 Å². The van der Waals surface area contributed by atoms with Gasteiger partial charge in [0.25, 0.3) is 0 Å². The molecule has 1 saturated heterocycles. The Hall–Kier alpha value is -0.610. The third kappa shape index (κ3) is 3.42. The number of piperidine rings is 1. The molecule has 1 aliphatic rings. The highest BCUT2D eigenvalue weighted by Gasteiger charge is 2.37. The first kappa shape index (κ1) is 14.5. The smallest absolute Gasteiger partial charge is 0.326 e. The number of ether oxygens (including phenoxy) is 1. The average Bonchev–Trinajstić information content (AvgIpc) is 2.23. The third-order valence-electron chi connectivity index (χ3n) is 3.90. The number of methoxy groups -OCH3 is 1. The van der Waals surface area contributed by atoms with Gasteiger partial charge in [0, 0.05) is 19.1 Å². The van der Waals surface area contributed by atoms with Crippen molar-refractivity contribution in [3.63, 3.8) is 0 Å². The quantitative estimate of drug-likeness (QED) is 0.757. The zero-order chi connectivity index (χ0) is 13.2. The van der Waals surface area contributed by atoms with E-state index in [1.54, 1.807) is 6.92 Å². The SMILES string of the molecule is COC(=O)C(C)(N)CN1CC(C)CC(C)C1C. The van der Waals surface area contributed by atoms with E-state index in [1.165, 1.54) is 13.5 Å². The highest BCUT2D eigenvalue weighted by molar-refractivity contribution is 5.80. The highest BCUT2D eigenvalue weighted by atomic mass is 16.5. The molecule has 0 aromatic rings. The molecule has 1 fully saturated rings. The molecule has 100 valence electrons. The van der Waals surface area contributed by atoms with Gasteiger partial charge in [-0.15, -0.1) is 0 Å². The number of esters is 1. The molecule has 0 saturated carbocycles. The summed E-state index contributed by atoms with van der Waals surface area (Å²) in [7, 11) is 1.39. The zero-order valence-corrected chi connectivity index (χ0v) is 11.7. The van der Waals surface area contributed by atoms with Crippen LogP contribution in [0.5, 0.6) is 0 Å². The van der Waals surface area contributed by atoms with Crippen molar-refractivity contribution in [2.24, 2.45) is 17.6 Å². The number of carbonyl (C=O) groups is 1. The van der Waals surface area contributed by atoms with Gasteiger partial charge in [-0.05, 0) is 32.1 Å². The molecule has 0 aromatic carbocycles. The lowest BCUT2D eigenvalue weighted by atomic mass is 9.85. The van der Waals surface area contributed by atoms with E-state index in [9.17, 15) is 4.79 Å². The molecular formula is C13H26N2O2. The molecular weight excluding hydrogens is 216 g/mol. The van der Waals surface area contributed by atoms with Crippen LogP contribution >= 0.6 is 0 Å². The molecule has 1 rings (SSSR count). The fourth-order valence-electron chi connectivity index (χ4n) is 2.76. The Bertz CT molecular complexity index is 279. The van der Waals surface area contributed by atoms with Crippen molar-refractivity contribution in [3.05, 3.63) is 0 Å². The number of nitrogens with zero attached hydrogens (tertiary/aromatic N) is 1. The van der Waals surface area contributed by atoms with Crippen LogP contribution in [0.25, 0.3) is 0 Å². The standard InChI is InChI=1S/C13H26N2O2/c1-9-6-10(2)11(3)15(7-9)8-13(4,14)12(16)17-5/h9-11H,6-8,14H2,1-5H3. The van der Waals surface area contributed by atoms with Gasteiger partial charge < -0.3 is 10.5 Å². The average molecular weight is 242 g/mol. The maximum atomic E-state index is 11.6. The minimum absolute atomic E-state index is 0.337. The number of rotatable bonds is 3. The molecule has 0 aliphatic carbocycles. The first-order chi connectivity index (χ1) is 7.77. The Morgan fingerprint density at radius 3 is 2.59 bits per heavy atom. The van der Waals surface area contributed by atoms with Gasteiger partial charge in [-0.2, -0.15) is 0 Å². The molecule has 1 heterocycles. The number of carbonyl (C=O) groups excluding carboxylic acids is 1. The number of nitrogens with two attached hydrogens (primary N) is 1. The second-order valence-corrected chi connectivity index (χ2v) is 5.90. The Morgan fingerprint density at radius 1 is 1.47 bits per heavy atom. The molecule has 0 aromatic heterocycles. The normalized spacial score (nSPS) is 34.1.